The van der Waals surface area contributed by atoms with Crippen LogP contribution in [-0.4, -0.2) is 13.1 Å². The lowest BCUT2D eigenvalue weighted by molar-refractivity contribution is 0.114. The average Bonchev–Trinajstić information content (AvgIpc) is 2.23. The lowest BCUT2D eigenvalue weighted by atomic mass is 9.65. The third-order valence-corrected chi connectivity index (χ3v) is 4.08. The van der Waals surface area contributed by atoms with E-state index in [1.165, 1.54) is 5.56 Å². The fraction of sp³-hybridized carbons (Fsp3) is 0.538. The molecule has 3 heteroatoms. The molecule has 0 aromatic heterocycles. The van der Waals surface area contributed by atoms with Gasteiger partial charge in [0, 0.05) is 17.1 Å². The Morgan fingerprint density at radius 2 is 1.88 bits per heavy atom. The van der Waals surface area contributed by atoms with Crippen molar-refractivity contribution in [3.05, 3.63) is 34.9 Å². The molecule has 3 N–H and O–H groups in total. The van der Waals surface area contributed by atoms with E-state index < -0.39 is 0 Å². The molecule has 0 spiro atoms. The van der Waals surface area contributed by atoms with Crippen molar-refractivity contribution in [1.82, 2.24) is 5.32 Å². The molecule has 2 rings (SSSR count). The first-order chi connectivity index (χ1) is 7.46. The summed E-state index contributed by atoms with van der Waals surface area (Å²) >= 11 is 5.91. The summed E-state index contributed by atoms with van der Waals surface area (Å²) in [5, 5.41) is 4.17. The summed E-state index contributed by atoms with van der Waals surface area (Å²) in [5.74, 6) is 0. The van der Waals surface area contributed by atoms with E-state index in [9.17, 15) is 0 Å². The Morgan fingerprint density at radius 1 is 1.25 bits per heavy atom. The highest BCUT2D eigenvalue weighted by Gasteiger charge is 2.44. The van der Waals surface area contributed by atoms with E-state index in [2.05, 4.69) is 31.3 Å². The van der Waals surface area contributed by atoms with Crippen molar-refractivity contribution in [2.45, 2.75) is 25.8 Å². The van der Waals surface area contributed by atoms with Crippen LogP contribution in [0.2, 0.25) is 5.02 Å². The lowest BCUT2D eigenvalue weighted by Gasteiger charge is -2.48. The lowest BCUT2D eigenvalue weighted by Crippen LogP contribution is -2.59. The predicted octanol–water partition coefficient (Wildman–Crippen LogP) is 2.51. The van der Waals surface area contributed by atoms with Crippen LogP contribution in [0.4, 0.5) is 0 Å². The molecule has 0 radical (unpaired) electrons. The van der Waals surface area contributed by atoms with E-state index in [1.807, 2.05) is 12.1 Å². The maximum absolute atomic E-state index is 6.63. The molecule has 0 amide bonds. The zero-order chi connectivity index (χ0) is 11.8. The van der Waals surface area contributed by atoms with Crippen LogP contribution in [0, 0.1) is 5.41 Å². The summed E-state index contributed by atoms with van der Waals surface area (Å²) in [7, 11) is 0. The van der Waals surface area contributed by atoms with E-state index in [0.29, 0.717) is 0 Å². The van der Waals surface area contributed by atoms with Gasteiger partial charge in [0.2, 0.25) is 0 Å². The third-order valence-electron chi connectivity index (χ3n) is 3.83. The van der Waals surface area contributed by atoms with Gasteiger partial charge in [-0.05, 0) is 36.1 Å². The number of hydrogen-bond donors (Lipinski definition) is 2. The molecule has 1 saturated heterocycles. The first-order valence-electron chi connectivity index (χ1n) is 5.71. The molecule has 1 fully saturated rings. The molecule has 0 saturated carbocycles. The molecular formula is C13H19ClN2. The largest absolute Gasteiger partial charge is 0.321 e. The summed E-state index contributed by atoms with van der Waals surface area (Å²) < 4.78 is 0. The first kappa shape index (κ1) is 11.9. The van der Waals surface area contributed by atoms with Gasteiger partial charge in [0.05, 0.1) is 0 Å². The molecule has 0 aliphatic carbocycles. The number of halogens is 1. The molecule has 1 aliphatic heterocycles. The summed E-state index contributed by atoms with van der Waals surface area (Å²) in [6, 6.07) is 7.94. The Labute approximate surface area is 102 Å². The number of benzene rings is 1. The summed E-state index contributed by atoms with van der Waals surface area (Å²) in [6.45, 7) is 6.36. The SMILES string of the molecule is CC1(C)CNCC[C@@]1(N)c1ccc(Cl)cc1. The smallest absolute Gasteiger partial charge is 0.0485 e. The van der Waals surface area contributed by atoms with Gasteiger partial charge >= 0.3 is 0 Å². The average molecular weight is 239 g/mol. The molecule has 1 heterocycles. The second kappa shape index (κ2) is 4.02. The first-order valence-corrected chi connectivity index (χ1v) is 6.09. The van der Waals surface area contributed by atoms with Gasteiger partial charge in [-0.25, -0.2) is 0 Å². The fourth-order valence-corrected chi connectivity index (χ4v) is 2.59. The van der Waals surface area contributed by atoms with Crippen LogP contribution in [0.15, 0.2) is 24.3 Å². The summed E-state index contributed by atoms with van der Waals surface area (Å²) in [5.41, 5.74) is 7.60. The molecule has 0 unspecified atom stereocenters. The van der Waals surface area contributed by atoms with Crippen molar-refractivity contribution >= 4 is 11.6 Å². The van der Waals surface area contributed by atoms with Crippen molar-refractivity contribution < 1.29 is 0 Å². The minimum Gasteiger partial charge on any atom is -0.321 e. The van der Waals surface area contributed by atoms with Crippen LogP contribution in [0.1, 0.15) is 25.8 Å². The van der Waals surface area contributed by atoms with Gasteiger partial charge < -0.3 is 11.1 Å². The van der Waals surface area contributed by atoms with Gasteiger partial charge in [-0.15, -0.1) is 0 Å². The van der Waals surface area contributed by atoms with Gasteiger partial charge in [0.15, 0.2) is 0 Å². The quantitative estimate of drug-likeness (QED) is 0.789. The van der Waals surface area contributed by atoms with Gasteiger partial charge in [-0.3, -0.25) is 0 Å². The Hall–Kier alpha value is -0.570. The zero-order valence-corrected chi connectivity index (χ0v) is 10.6. The Bertz CT molecular complexity index is 372. The maximum atomic E-state index is 6.63. The van der Waals surface area contributed by atoms with Gasteiger partial charge in [0.25, 0.3) is 0 Å². The third kappa shape index (κ3) is 1.86. The molecule has 2 nitrogen and oxygen atoms in total. The van der Waals surface area contributed by atoms with Crippen LogP contribution in [0.25, 0.3) is 0 Å². The van der Waals surface area contributed by atoms with E-state index in [-0.39, 0.29) is 11.0 Å². The topological polar surface area (TPSA) is 38.0 Å². The molecule has 16 heavy (non-hydrogen) atoms. The highest BCUT2D eigenvalue weighted by Crippen LogP contribution is 2.41. The van der Waals surface area contributed by atoms with Crippen LogP contribution >= 0.6 is 11.6 Å². The Morgan fingerprint density at radius 3 is 2.44 bits per heavy atom. The maximum Gasteiger partial charge on any atom is 0.0485 e. The summed E-state index contributed by atoms with van der Waals surface area (Å²) in [4.78, 5) is 0. The number of nitrogens with two attached hydrogens (primary N) is 1. The molecular weight excluding hydrogens is 220 g/mol. The van der Waals surface area contributed by atoms with Crippen molar-refractivity contribution in [3.63, 3.8) is 0 Å². The molecule has 1 atom stereocenters. The Kier molecular flexibility index (Phi) is 2.99. The van der Waals surface area contributed by atoms with Gasteiger partial charge in [-0.2, -0.15) is 0 Å². The van der Waals surface area contributed by atoms with E-state index >= 15 is 0 Å². The molecule has 1 aliphatic rings. The number of nitrogens with one attached hydrogen (secondary N) is 1. The van der Waals surface area contributed by atoms with E-state index in [4.69, 9.17) is 17.3 Å². The normalized spacial score (nSPS) is 29.0. The van der Waals surface area contributed by atoms with Gasteiger partial charge in [-0.1, -0.05) is 37.6 Å². The minimum absolute atomic E-state index is 0.0546. The van der Waals surface area contributed by atoms with E-state index in [0.717, 1.165) is 24.5 Å². The molecule has 88 valence electrons. The fourth-order valence-electron chi connectivity index (χ4n) is 2.46. The van der Waals surface area contributed by atoms with Crippen LogP contribution in [0.5, 0.6) is 0 Å². The second-order valence-corrected chi connectivity index (χ2v) is 5.73. The summed E-state index contributed by atoms with van der Waals surface area (Å²) in [6.07, 6.45) is 0.960. The highest BCUT2D eigenvalue weighted by atomic mass is 35.5. The van der Waals surface area contributed by atoms with Crippen molar-refractivity contribution in [1.29, 1.82) is 0 Å². The predicted molar refractivity (Wildman–Crippen MR) is 68.6 cm³/mol. The van der Waals surface area contributed by atoms with Crippen LogP contribution in [-0.2, 0) is 5.54 Å². The number of hydrogen-bond acceptors (Lipinski definition) is 2. The van der Waals surface area contributed by atoms with Gasteiger partial charge in [0.1, 0.15) is 0 Å². The monoisotopic (exact) mass is 238 g/mol. The Balaban J connectivity index is 2.39. The highest BCUT2D eigenvalue weighted by molar-refractivity contribution is 6.30. The van der Waals surface area contributed by atoms with Crippen LogP contribution in [0.3, 0.4) is 0 Å². The molecule has 0 bridgehead atoms. The van der Waals surface area contributed by atoms with Crippen molar-refractivity contribution in [2.75, 3.05) is 13.1 Å². The number of rotatable bonds is 1. The van der Waals surface area contributed by atoms with Crippen molar-refractivity contribution in [3.8, 4) is 0 Å². The van der Waals surface area contributed by atoms with E-state index in [1.54, 1.807) is 0 Å². The second-order valence-electron chi connectivity index (χ2n) is 5.29. The minimum atomic E-state index is -0.261. The van der Waals surface area contributed by atoms with Crippen molar-refractivity contribution in [2.24, 2.45) is 11.1 Å². The van der Waals surface area contributed by atoms with Crippen LogP contribution < -0.4 is 11.1 Å². The molecule has 1 aromatic carbocycles. The zero-order valence-electron chi connectivity index (χ0n) is 9.89. The number of piperidine rings is 1. The molecule has 1 aromatic rings. The standard InChI is InChI=1S/C13H19ClN2/c1-12(2)9-16-8-7-13(12,15)10-3-5-11(14)6-4-10/h3-6,16H,7-9,15H2,1-2H3/t13-/m1/s1.